The molecule has 0 aromatic rings. The lowest BCUT2D eigenvalue weighted by Gasteiger charge is -2.21. The standard InChI is InChI=1S/C14H24N4O2.HI/c1-14(2,3)20-12(19)9-17-13(16-4)18-11-7-5-6-10(11)8-15;/h10-11H,5-7,9H2,1-4H3,(H2,16,17,18);1H. The molecule has 2 atom stereocenters. The Balaban J connectivity index is 0.00000400. The first-order chi connectivity index (χ1) is 9.35. The monoisotopic (exact) mass is 408 g/mol. The van der Waals surface area contributed by atoms with Crippen LogP contribution in [0.3, 0.4) is 0 Å². The summed E-state index contributed by atoms with van der Waals surface area (Å²) < 4.78 is 5.21. The second kappa shape index (κ2) is 9.07. The van der Waals surface area contributed by atoms with Crippen LogP contribution in [0.1, 0.15) is 40.0 Å². The number of ether oxygens (including phenoxy) is 1. The molecule has 1 saturated carbocycles. The molecule has 0 bridgehead atoms. The number of guanidine groups is 1. The van der Waals surface area contributed by atoms with Crippen molar-refractivity contribution in [2.75, 3.05) is 13.6 Å². The summed E-state index contributed by atoms with van der Waals surface area (Å²) in [7, 11) is 1.64. The number of nitrogens with zero attached hydrogens (tertiary/aromatic N) is 2. The van der Waals surface area contributed by atoms with Crippen LogP contribution >= 0.6 is 24.0 Å². The van der Waals surface area contributed by atoms with Gasteiger partial charge in [-0.05, 0) is 40.0 Å². The normalized spacial score (nSPS) is 22.0. The van der Waals surface area contributed by atoms with Crippen LogP contribution in [0.25, 0.3) is 0 Å². The van der Waals surface area contributed by atoms with E-state index in [-0.39, 0.29) is 48.5 Å². The summed E-state index contributed by atoms with van der Waals surface area (Å²) in [6.07, 6.45) is 2.90. The van der Waals surface area contributed by atoms with E-state index in [9.17, 15) is 4.79 Å². The Labute approximate surface area is 143 Å². The minimum absolute atomic E-state index is 0. The third kappa shape index (κ3) is 7.50. The second-order valence-corrected chi connectivity index (χ2v) is 5.93. The maximum atomic E-state index is 11.6. The molecule has 6 nitrogen and oxygen atoms in total. The summed E-state index contributed by atoms with van der Waals surface area (Å²) in [6, 6.07) is 2.40. The maximum absolute atomic E-state index is 11.6. The third-order valence-corrected chi connectivity index (χ3v) is 3.05. The highest BCUT2D eigenvalue weighted by Crippen LogP contribution is 2.24. The average molecular weight is 408 g/mol. The molecule has 1 aliphatic rings. The van der Waals surface area contributed by atoms with E-state index in [2.05, 4.69) is 21.7 Å². The van der Waals surface area contributed by atoms with Crippen molar-refractivity contribution >= 4 is 35.9 Å². The summed E-state index contributed by atoms with van der Waals surface area (Å²) in [4.78, 5) is 15.7. The van der Waals surface area contributed by atoms with Gasteiger partial charge in [0.1, 0.15) is 12.1 Å². The molecule has 1 aliphatic carbocycles. The molecule has 21 heavy (non-hydrogen) atoms. The Bertz CT molecular complexity index is 412. The Morgan fingerprint density at radius 1 is 1.43 bits per heavy atom. The highest BCUT2D eigenvalue weighted by molar-refractivity contribution is 14.0. The van der Waals surface area contributed by atoms with Gasteiger partial charge in [0, 0.05) is 13.1 Å². The van der Waals surface area contributed by atoms with Gasteiger partial charge in [-0.2, -0.15) is 5.26 Å². The predicted octanol–water partition coefficient (Wildman–Crippen LogP) is 1.80. The van der Waals surface area contributed by atoms with Crippen LogP contribution in [-0.4, -0.2) is 37.2 Å². The summed E-state index contributed by atoms with van der Waals surface area (Å²) >= 11 is 0. The smallest absolute Gasteiger partial charge is 0.325 e. The topological polar surface area (TPSA) is 86.5 Å². The molecule has 0 aromatic heterocycles. The van der Waals surface area contributed by atoms with Crippen molar-refractivity contribution in [2.45, 2.75) is 51.7 Å². The second-order valence-electron chi connectivity index (χ2n) is 5.93. The fourth-order valence-corrected chi connectivity index (χ4v) is 2.19. The summed E-state index contributed by atoms with van der Waals surface area (Å²) in [5, 5.41) is 15.2. The van der Waals surface area contributed by atoms with Crippen LogP contribution in [0, 0.1) is 17.2 Å². The number of carbonyl (C=O) groups excluding carboxylic acids is 1. The van der Waals surface area contributed by atoms with E-state index in [1.807, 2.05) is 20.8 Å². The fraction of sp³-hybridized carbons (Fsp3) is 0.786. The molecule has 2 unspecified atom stereocenters. The number of rotatable bonds is 3. The minimum Gasteiger partial charge on any atom is -0.459 e. The van der Waals surface area contributed by atoms with Crippen molar-refractivity contribution in [3.05, 3.63) is 0 Å². The van der Waals surface area contributed by atoms with Gasteiger partial charge < -0.3 is 15.4 Å². The maximum Gasteiger partial charge on any atom is 0.325 e. The zero-order valence-corrected chi connectivity index (χ0v) is 15.4. The first-order valence-corrected chi connectivity index (χ1v) is 6.94. The molecule has 7 heteroatoms. The van der Waals surface area contributed by atoms with Crippen molar-refractivity contribution in [3.63, 3.8) is 0 Å². The van der Waals surface area contributed by atoms with E-state index in [4.69, 9.17) is 10.00 Å². The number of nitriles is 1. The van der Waals surface area contributed by atoms with Crippen LogP contribution in [-0.2, 0) is 9.53 Å². The average Bonchev–Trinajstić information content (AvgIpc) is 2.79. The van der Waals surface area contributed by atoms with E-state index in [1.165, 1.54) is 0 Å². The Hall–Kier alpha value is -1.04. The quantitative estimate of drug-likeness (QED) is 0.322. The fourth-order valence-electron chi connectivity index (χ4n) is 2.19. The molecule has 0 heterocycles. The SMILES string of the molecule is CN=C(NCC(=O)OC(C)(C)C)NC1CCCC1C#N.I. The van der Waals surface area contributed by atoms with Crippen molar-refractivity contribution in [3.8, 4) is 6.07 Å². The van der Waals surface area contributed by atoms with Gasteiger partial charge in [-0.3, -0.25) is 9.79 Å². The van der Waals surface area contributed by atoms with Gasteiger partial charge in [-0.15, -0.1) is 24.0 Å². The molecule has 2 N–H and O–H groups in total. The van der Waals surface area contributed by atoms with E-state index in [1.54, 1.807) is 7.05 Å². The molecular formula is C14H25IN4O2. The van der Waals surface area contributed by atoms with Crippen LogP contribution in [0.4, 0.5) is 0 Å². The van der Waals surface area contributed by atoms with E-state index in [0.29, 0.717) is 5.96 Å². The zero-order valence-electron chi connectivity index (χ0n) is 13.1. The molecule has 0 aromatic carbocycles. The van der Waals surface area contributed by atoms with Crippen molar-refractivity contribution in [2.24, 2.45) is 10.9 Å². The summed E-state index contributed by atoms with van der Waals surface area (Å²) in [5.41, 5.74) is -0.493. The largest absolute Gasteiger partial charge is 0.459 e. The molecule has 1 fully saturated rings. The Kier molecular flexibility index (Phi) is 8.63. The minimum atomic E-state index is -0.493. The number of hydrogen-bond donors (Lipinski definition) is 2. The summed E-state index contributed by atoms with van der Waals surface area (Å²) in [6.45, 7) is 5.54. The van der Waals surface area contributed by atoms with Gasteiger partial charge >= 0.3 is 5.97 Å². The van der Waals surface area contributed by atoms with Crippen LogP contribution in [0.2, 0.25) is 0 Å². The van der Waals surface area contributed by atoms with Gasteiger partial charge in [0.25, 0.3) is 0 Å². The molecule has 0 aliphatic heterocycles. The van der Waals surface area contributed by atoms with Crippen LogP contribution in [0.15, 0.2) is 4.99 Å². The molecule has 0 amide bonds. The van der Waals surface area contributed by atoms with Gasteiger partial charge in [-0.1, -0.05) is 0 Å². The lowest BCUT2D eigenvalue weighted by Crippen LogP contribution is -2.46. The Morgan fingerprint density at radius 2 is 2.10 bits per heavy atom. The van der Waals surface area contributed by atoms with Crippen molar-refractivity contribution < 1.29 is 9.53 Å². The van der Waals surface area contributed by atoms with Gasteiger partial charge in [0.05, 0.1) is 12.0 Å². The highest BCUT2D eigenvalue weighted by Gasteiger charge is 2.27. The van der Waals surface area contributed by atoms with Crippen LogP contribution in [0.5, 0.6) is 0 Å². The third-order valence-electron chi connectivity index (χ3n) is 3.05. The van der Waals surface area contributed by atoms with Gasteiger partial charge in [-0.25, -0.2) is 0 Å². The molecule has 0 radical (unpaired) electrons. The van der Waals surface area contributed by atoms with Gasteiger partial charge in [0.2, 0.25) is 0 Å². The van der Waals surface area contributed by atoms with E-state index in [0.717, 1.165) is 19.3 Å². The Morgan fingerprint density at radius 3 is 2.62 bits per heavy atom. The molecule has 0 spiro atoms. The van der Waals surface area contributed by atoms with Crippen LogP contribution < -0.4 is 10.6 Å². The van der Waals surface area contributed by atoms with Gasteiger partial charge in [0.15, 0.2) is 5.96 Å². The predicted molar refractivity (Wildman–Crippen MR) is 92.5 cm³/mol. The van der Waals surface area contributed by atoms with Crippen molar-refractivity contribution in [1.82, 2.24) is 10.6 Å². The number of esters is 1. The first kappa shape index (κ1) is 20.0. The zero-order chi connectivity index (χ0) is 15.2. The molecule has 0 saturated heterocycles. The number of nitrogens with one attached hydrogen (secondary N) is 2. The van der Waals surface area contributed by atoms with Crippen molar-refractivity contribution in [1.29, 1.82) is 5.26 Å². The lowest BCUT2D eigenvalue weighted by molar-refractivity contribution is -0.153. The summed E-state index contributed by atoms with van der Waals surface area (Å²) in [5.74, 6) is 0.210. The van der Waals surface area contributed by atoms with E-state index >= 15 is 0 Å². The van der Waals surface area contributed by atoms with E-state index < -0.39 is 5.60 Å². The number of hydrogen-bond acceptors (Lipinski definition) is 4. The molecule has 120 valence electrons. The highest BCUT2D eigenvalue weighted by atomic mass is 127. The first-order valence-electron chi connectivity index (χ1n) is 6.94. The number of halogens is 1. The lowest BCUT2D eigenvalue weighted by atomic mass is 10.1. The number of carbonyl (C=O) groups is 1. The molecule has 1 rings (SSSR count). The molecular weight excluding hydrogens is 383 g/mol. The number of aliphatic imine (C=N–C) groups is 1.